The Morgan fingerprint density at radius 2 is 0.867 bits per heavy atom. The van der Waals surface area contributed by atoms with Crippen LogP contribution in [0.25, 0.3) is 0 Å². The van der Waals surface area contributed by atoms with Crippen LogP contribution in [0.4, 0.5) is 28.9 Å². The van der Waals surface area contributed by atoms with Gasteiger partial charge in [-0.05, 0) is 39.1 Å². The van der Waals surface area contributed by atoms with Gasteiger partial charge in [0.2, 0.25) is 23.6 Å². The van der Waals surface area contributed by atoms with E-state index in [0.717, 1.165) is 37.1 Å². The summed E-state index contributed by atoms with van der Waals surface area (Å²) in [6.45, 7) is 5.95. The van der Waals surface area contributed by atoms with Crippen molar-refractivity contribution in [2.75, 3.05) is 9.80 Å². The molecule has 0 radical (unpaired) electrons. The number of anilines is 2. The van der Waals surface area contributed by atoms with Gasteiger partial charge in [-0.25, -0.2) is 41.9 Å². The molecule has 6 nitrogen and oxygen atoms in total. The van der Waals surface area contributed by atoms with E-state index < -0.39 is 46.9 Å². The van der Waals surface area contributed by atoms with Gasteiger partial charge >= 0.3 is 21.7 Å². The Morgan fingerprint density at radius 3 is 1.07 bits per heavy atom. The van der Waals surface area contributed by atoms with E-state index >= 15 is 0 Å². The number of amides is 4. The average Bonchev–Trinajstić information content (AvgIpc) is 3.82. The fourth-order valence-corrected chi connectivity index (χ4v) is 3.83. The van der Waals surface area contributed by atoms with Crippen LogP contribution in [0.3, 0.4) is 0 Å². The normalized spacial score (nSPS) is 16.1. The number of halogens is 4. The summed E-state index contributed by atoms with van der Waals surface area (Å²) < 4.78 is 52.3. The van der Waals surface area contributed by atoms with Crippen LogP contribution in [-0.4, -0.2) is 23.6 Å². The Bertz CT molecular complexity index is 1500. The SMILES string of the molecule is CC1=C(C)C(=O)N(c2ccc(F)[c-]c2F)C1=O.CC1=C(C)C(=O)N(c2ccc(F)[c-]c2F)C1=O.[C-]1=CC=CC1.[C-]1=CC=CC1.[Ti+4]. The van der Waals surface area contributed by atoms with Crippen molar-refractivity contribution in [3.63, 3.8) is 0 Å². The summed E-state index contributed by atoms with van der Waals surface area (Å²) in [5.74, 6) is -6.25. The molecule has 0 bridgehead atoms. The summed E-state index contributed by atoms with van der Waals surface area (Å²) in [6, 6.07) is 7.56. The van der Waals surface area contributed by atoms with E-state index in [0.29, 0.717) is 9.80 Å². The van der Waals surface area contributed by atoms with Gasteiger partial charge in [-0.3, -0.25) is 41.1 Å². The summed E-state index contributed by atoms with van der Waals surface area (Å²) in [6.07, 6.45) is 20.0. The summed E-state index contributed by atoms with van der Waals surface area (Å²) in [4.78, 5) is 48.3. The molecule has 0 atom stereocenters. The number of hydrogen-bond donors (Lipinski definition) is 0. The van der Waals surface area contributed by atoms with Crippen molar-refractivity contribution in [3.05, 3.63) is 131 Å². The minimum Gasteiger partial charge on any atom is -0.296 e. The van der Waals surface area contributed by atoms with Gasteiger partial charge in [-0.2, -0.15) is 12.2 Å². The molecule has 2 heterocycles. The van der Waals surface area contributed by atoms with Crippen molar-refractivity contribution in [3.8, 4) is 0 Å². The Kier molecular flexibility index (Phi) is 13.6. The van der Waals surface area contributed by atoms with E-state index in [1.165, 1.54) is 27.7 Å². The van der Waals surface area contributed by atoms with Crippen LogP contribution in [0, 0.1) is 47.6 Å². The fraction of sp³-hybridized carbons (Fsp3) is 0.176. The summed E-state index contributed by atoms with van der Waals surface area (Å²) in [7, 11) is 0. The first-order chi connectivity index (χ1) is 20.9. The van der Waals surface area contributed by atoms with E-state index in [9.17, 15) is 36.7 Å². The molecule has 0 saturated carbocycles. The van der Waals surface area contributed by atoms with E-state index in [2.05, 4.69) is 24.3 Å². The monoisotopic (exact) mass is 650 g/mol. The molecule has 2 aromatic rings. The first-order valence-electron chi connectivity index (χ1n) is 13.2. The smallest absolute Gasteiger partial charge is 0.296 e. The van der Waals surface area contributed by atoms with Crippen LogP contribution >= 0.6 is 0 Å². The second-order valence-electron chi connectivity index (χ2n) is 9.41. The van der Waals surface area contributed by atoms with E-state index in [1.54, 1.807) is 12.1 Å². The zero-order valence-electron chi connectivity index (χ0n) is 24.7. The minimum absolute atomic E-state index is 0. The quantitative estimate of drug-likeness (QED) is 0.160. The summed E-state index contributed by atoms with van der Waals surface area (Å²) >= 11 is 0. The van der Waals surface area contributed by atoms with Crippen molar-refractivity contribution in [2.24, 2.45) is 0 Å². The predicted molar refractivity (Wildman–Crippen MR) is 155 cm³/mol. The van der Waals surface area contributed by atoms with Crippen LogP contribution in [0.1, 0.15) is 40.5 Å². The van der Waals surface area contributed by atoms with Crippen LogP contribution < -0.4 is 9.80 Å². The largest absolute Gasteiger partial charge is 4.00 e. The maximum absolute atomic E-state index is 13.4. The minimum atomic E-state index is -1.06. The molecule has 6 rings (SSSR count). The van der Waals surface area contributed by atoms with E-state index in [-0.39, 0.29) is 55.4 Å². The second-order valence-corrected chi connectivity index (χ2v) is 9.41. The van der Waals surface area contributed by atoms with Gasteiger partial charge in [0.25, 0.3) is 0 Å². The third kappa shape index (κ3) is 8.83. The number of carbonyl (C=O) groups excluding carboxylic acids is 4. The molecule has 0 spiro atoms. The Morgan fingerprint density at radius 1 is 0.556 bits per heavy atom. The number of allylic oxidation sites excluding steroid dienone is 8. The van der Waals surface area contributed by atoms with Gasteiger partial charge in [-0.15, -0.1) is 49.2 Å². The Balaban J connectivity index is 0.000000235. The molecule has 2 aliphatic heterocycles. The van der Waals surface area contributed by atoms with Gasteiger partial charge in [0.1, 0.15) is 0 Å². The first kappa shape index (κ1) is 36.8. The number of nitrogens with zero attached hydrogens (tertiary/aromatic N) is 2. The number of rotatable bonds is 2. The van der Waals surface area contributed by atoms with Crippen LogP contribution in [0.2, 0.25) is 0 Å². The summed E-state index contributed by atoms with van der Waals surface area (Å²) in [5, 5.41) is 0. The third-order valence-electron chi connectivity index (χ3n) is 6.56. The number of benzene rings is 2. The van der Waals surface area contributed by atoms with Crippen molar-refractivity contribution < 1.29 is 58.5 Å². The fourth-order valence-electron chi connectivity index (χ4n) is 3.83. The molecule has 2 aromatic carbocycles. The molecule has 45 heavy (non-hydrogen) atoms. The van der Waals surface area contributed by atoms with Crippen LogP contribution in [-0.2, 0) is 40.9 Å². The third-order valence-corrected chi connectivity index (χ3v) is 6.56. The summed E-state index contributed by atoms with van der Waals surface area (Å²) in [5.41, 5.74) is 0.491. The molecule has 0 unspecified atom stereocenters. The zero-order chi connectivity index (χ0) is 32.6. The van der Waals surface area contributed by atoms with Gasteiger partial charge in [0.05, 0.1) is 0 Å². The molecule has 4 aliphatic rings. The van der Waals surface area contributed by atoms with Crippen LogP contribution in [0.15, 0.2) is 83.0 Å². The molecule has 228 valence electrons. The zero-order valence-corrected chi connectivity index (χ0v) is 26.3. The second kappa shape index (κ2) is 16.6. The molecule has 11 heteroatoms. The van der Waals surface area contributed by atoms with Crippen molar-refractivity contribution in [2.45, 2.75) is 40.5 Å². The van der Waals surface area contributed by atoms with Crippen LogP contribution in [0.5, 0.6) is 0 Å². The van der Waals surface area contributed by atoms with E-state index in [1.807, 2.05) is 24.3 Å². The van der Waals surface area contributed by atoms with Crippen molar-refractivity contribution in [1.82, 2.24) is 0 Å². The number of carbonyl (C=O) groups is 4. The average molecular weight is 650 g/mol. The molecule has 0 saturated heterocycles. The van der Waals surface area contributed by atoms with Gasteiger partial charge in [-0.1, -0.05) is 0 Å². The van der Waals surface area contributed by atoms with Gasteiger partial charge < -0.3 is 0 Å². The molecular weight excluding hydrogens is 624 g/mol. The standard InChI is InChI=1S/2C12H8F2NO2.2C5H5.Ti/c2*1-6-7(2)12(17)15(11(6)16)10-4-3-8(13)5-9(10)14;2*1-2-4-5-3-1;/h2*3-4H,1-2H3;2*1-3H,4H2;/q4*-1;+4. The first-order valence-corrected chi connectivity index (χ1v) is 13.2. The molecular formula is C34H26F4N2O4Ti. The van der Waals surface area contributed by atoms with Crippen molar-refractivity contribution in [1.29, 1.82) is 0 Å². The molecule has 0 fully saturated rings. The number of imide groups is 2. The maximum atomic E-state index is 13.4. The Labute approximate surface area is 273 Å². The number of hydrogen-bond acceptors (Lipinski definition) is 4. The molecule has 4 amide bonds. The molecule has 0 N–H and O–H groups in total. The van der Waals surface area contributed by atoms with Gasteiger partial charge in [0.15, 0.2) is 0 Å². The Hall–Kier alpha value is -4.41. The topological polar surface area (TPSA) is 74.8 Å². The molecule has 2 aliphatic carbocycles. The van der Waals surface area contributed by atoms with Crippen molar-refractivity contribution >= 4 is 35.0 Å². The predicted octanol–water partition coefficient (Wildman–Crippen LogP) is 6.56. The maximum Gasteiger partial charge on any atom is 4.00 e. The molecule has 0 aromatic heterocycles. The van der Waals surface area contributed by atoms with Gasteiger partial charge in [0, 0.05) is 45.6 Å². The van der Waals surface area contributed by atoms with E-state index in [4.69, 9.17) is 0 Å².